The summed E-state index contributed by atoms with van der Waals surface area (Å²) in [4.78, 5) is 4.51. The summed E-state index contributed by atoms with van der Waals surface area (Å²) < 4.78 is 2.29. The van der Waals surface area contributed by atoms with E-state index in [1.54, 1.807) is 0 Å². The summed E-state index contributed by atoms with van der Waals surface area (Å²) in [6, 6.07) is 0.565. The van der Waals surface area contributed by atoms with Crippen molar-refractivity contribution in [3.63, 3.8) is 0 Å². The molecular formula is C15H29N3. The topological polar surface area (TPSA) is 29.9 Å². The van der Waals surface area contributed by atoms with Crippen LogP contribution in [0, 0.1) is 5.92 Å². The molecule has 0 spiro atoms. The lowest BCUT2D eigenvalue weighted by molar-refractivity contribution is 0.423. The minimum absolute atomic E-state index is 0.565. The van der Waals surface area contributed by atoms with Crippen molar-refractivity contribution in [3.05, 3.63) is 18.2 Å². The van der Waals surface area contributed by atoms with Crippen LogP contribution in [-0.2, 0) is 13.0 Å². The van der Waals surface area contributed by atoms with Gasteiger partial charge in [-0.05, 0) is 31.7 Å². The number of aromatic nitrogens is 2. The molecule has 0 aliphatic rings. The molecule has 18 heavy (non-hydrogen) atoms. The quantitative estimate of drug-likeness (QED) is 0.730. The maximum absolute atomic E-state index is 4.51. The summed E-state index contributed by atoms with van der Waals surface area (Å²) >= 11 is 0. The highest BCUT2D eigenvalue weighted by atomic mass is 15.1. The van der Waals surface area contributed by atoms with Crippen LogP contribution in [0.4, 0.5) is 0 Å². The van der Waals surface area contributed by atoms with Gasteiger partial charge in [-0.15, -0.1) is 0 Å². The Labute approximate surface area is 112 Å². The highest BCUT2D eigenvalue weighted by Crippen LogP contribution is 2.11. The molecule has 1 atom stereocenters. The zero-order valence-electron chi connectivity index (χ0n) is 12.4. The summed E-state index contributed by atoms with van der Waals surface area (Å²) in [6.07, 6.45) is 8.77. The van der Waals surface area contributed by atoms with Crippen LogP contribution in [-0.4, -0.2) is 22.1 Å². The molecule has 3 heteroatoms. The normalized spacial score (nSPS) is 13.2. The molecule has 0 amide bonds. The second-order valence-electron chi connectivity index (χ2n) is 5.47. The third-order valence-corrected chi connectivity index (χ3v) is 3.28. The van der Waals surface area contributed by atoms with Gasteiger partial charge in [0.2, 0.25) is 0 Å². The van der Waals surface area contributed by atoms with E-state index in [9.17, 15) is 0 Å². The van der Waals surface area contributed by atoms with E-state index in [0.29, 0.717) is 6.04 Å². The molecular weight excluding hydrogens is 222 g/mol. The van der Waals surface area contributed by atoms with E-state index in [2.05, 4.69) is 48.8 Å². The number of rotatable bonds is 9. The molecule has 1 aromatic heterocycles. The van der Waals surface area contributed by atoms with Gasteiger partial charge < -0.3 is 9.88 Å². The van der Waals surface area contributed by atoms with Crippen molar-refractivity contribution in [1.82, 2.24) is 14.9 Å². The molecule has 1 rings (SSSR count). The zero-order chi connectivity index (χ0) is 13.4. The number of likely N-dealkylation sites (N-methyl/N-ethyl adjacent to an activating group) is 1. The molecule has 1 aromatic rings. The highest BCUT2D eigenvalue weighted by molar-refractivity contribution is 4.95. The Morgan fingerprint density at radius 2 is 2.06 bits per heavy atom. The summed E-state index contributed by atoms with van der Waals surface area (Å²) in [5.41, 5.74) is 0. The lowest BCUT2D eigenvalue weighted by atomic mass is 10.0. The maximum atomic E-state index is 4.51. The molecule has 0 aliphatic carbocycles. The van der Waals surface area contributed by atoms with Crippen molar-refractivity contribution in [1.29, 1.82) is 0 Å². The SMILES string of the molecule is CCCn1ccnc1CC(CCC(C)C)NCC. The standard InChI is InChI=1S/C15H29N3/c1-5-10-18-11-9-17-15(18)12-14(16-6-2)8-7-13(3)4/h9,11,13-14,16H,5-8,10,12H2,1-4H3. The van der Waals surface area contributed by atoms with E-state index in [1.165, 1.54) is 25.1 Å². The number of hydrogen-bond donors (Lipinski definition) is 1. The average molecular weight is 251 g/mol. The first-order chi connectivity index (χ1) is 8.67. The number of nitrogens with one attached hydrogen (secondary N) is 1. The monoisotopic (exact) mass is 251 g/mol. The van der Waals surface area contributed by atoms with Gasteiger partial charge in [-0.3, -0.25) is 0 Å². The molecule has 1 heterocycles. The second kappa shape index (κ2) is 8.30. The summed E-state index contributed by atoms with van der Waals surface area (Å²) in [5, 5.41) is 3.59. The van der Waals surface area contributed by atoms with Crippen molar-refractivity contribution in [2.45, 2.75) is 66.0 Å². The molecule has 0 saturated carbocycles. The summed E-state index contributed by atoms with van der Waals surface area (Å²) in [7, 11) is 0. The highest BCUT2D eigenvalue weighted by Gasteiger charge is 2.12. The van der Waals surface area contributed by atoms with Crippen molar-refractivity contribution in [2.24, 2.45) is 5.92 Å². The number of hydrogen-bond acceptors (Lipinski definition) is 2. The van der Waals surface area contributed by atoms with Gasteiger partial charge in [0.05, 0.1) is 0 Å². The Kier molecular flexibility index (Phi) is 7.02. The van der Waals surface area contributed by atoms with E-state index < -0.39 is 0 Å². The second-order valence-corrected chi connectivity index (χ2v) is 5.47. The first-order valence-corrected chi connectivity index (χ1v) is 7.40. The molecule has 0 saturated heterocycles. The third kappa shape index (κ3) is 5.21. The Balaban J connectivity index is 2.55. The molecule has 104 valence electrons. The van der Waals surface area contributed by atoms with Crippen molar-refractivity contribution < 1.29 is 0 Å². The Hall–Kier alpha value is -0.830. The van der Waals surface area contributed by atoms with E-state index >= 15 is 0 Å². The molecule has 0 aliphatic heterocycles. The average Bonchev–Trinajstić information content (AvgIpc) is 2.74. The predicted octanol–water partition coefficient (Wildman–Crippen LogP) is 3.25. The van der Waals surface area contributed by atoms with Gasteiger partial charge in [-0.25, -0.2) is 4.98 Å². The lowest BCUT2D eigenvalue weighted by Gasteiger charge is -2.19. The fraction of sp³-hybridized carbons (Fsp3) is 0.800. The van der Waals surface area contributed by atoms with Crippen LogP contribution >= 0.6 is 0 Å². The number of nitrogens with zero attached hydrogens (tertiary/aromatic N) is 2. The first-order valence-electron chi connectivity index (χ1n) is 7.40. The molecule has 3 nitrogen and oxygen atoms in total. The summed E-state index contributed by atoms with van der Waals surface area (Å²) in [6.45, 7) is 11.1. The van der Waals surface area contributed by atoms with E-state index in [1.807, 2.05) is 6.20 Å². The van der Waals surface area contributed by atoms with Crippen molar-refractivity contribution in [2.75, 3.05) is 6.54 Å². The van der Waals surface area contributed by atoms with Crippen molar-refractivity contribution >= 4 is 0 Å². The number of imidazole rings is 1. The molecule has 0 fully saturated rings. The predicted molar refractivity (Wildman–Crippen MR) is 77.8 cm³/mol. The smallest absolute Gasteiger partial charge is 0.110 e. The largest absolute Gasteiger partial charge is 0.335 e. The van der Waals surface area contributed by atoms with Crippen LogP contribution < -0.4 is 5.32 Å². The van der Waals surface area contributed by atoms with Gasteiger partial charge in [0.15, 0.2) is 0 Å². The van der Waals surface area contributed by atoms with Crippen LogP contribution in [0.1, 0.15) is 52.8 Å². The molecule has 1 unspecified atom stereocenters. The minimum atomic E-state index is 0.565. The Morgan fingerprint density at radius 1 is 1.28 bits per heavy atom. The minimum Gasteiger partial charge on any atom is -0.335 e. The molecule has 0 aromatic carbocycles. The van der Waals surface area contributed by atoms with Gasteiger partial charge in [-0.2, -0.15) is 0 Å². The van der Waals surface area contributed by atoms with Gasteiger partial charge in [0.1, 0.15) is 5.82 Å². The molecule has 0 bridgehead atoms. The van der Waals surface area contributed by atoms with Crippen LogP contribution in [0.3, 0.4) is 0 Å². The van der Waals surface area contributed by atoms with Gasteiger partial charge >= 0.3 is 0 Å². The molecule has 0 radical (unpaired) electrons. The van der Waals surface area contributed by atoms with E-state index in [-0.39, 0.29) is 0 Å². The Morgan fingerprint density at radius 3 is 2.67 bits per heavy atom. The van der Waals surface area contributed by atoms with Crippen LogP contribution in [0.5, 0.6) is 0 Å². The van der Waals surface area contributed by atoms with Gasteiger partial charge in [0.25, 0.3) is 0 Å². The van der Waals surface area contributed by atoms with E-state index in [4.69, 9.17) is 0 Å². The van der Waals surface area contributed by atoms with Crippen LogP contribution in [0.15, 0.2) is 12.4 Å². The van der Waals surface area contributed by atoms with Crippen molar-refractivity contribution in [3.8, 4) is 0 Å². The van der Waals surface area contributed by atoms with Crippen LogP contribution in [0.2, 0.25) is 0 Å². The lowest BCUT2D eigenvalue weighted by Crippen LogP contribution is -2.32. The fourth-order valence-corrected chi connectivity index (χ4v) is 2.29. The van der Waals surface area contributed by atoms with E-state index in [0.717, 1.165) is 25.4 Å². The maximum Gasteiger partial charge on any atom is 0.110 e. The first kappa shape index (κ1) is 15.2. The summed E-state index contributed by atoms with van der Waals surface area (Å²) in [5.74, 6) is 2.01. The molecule has 1 N–H and O–H groups in total. The fourth-order valence-electron chi connectivity index (χ4n) is 2.29. The third-order valence-electron chi connectivity index (χ3n) is 3.28. The van der Waals surface area contributed by atoms with Gasteiger partial charge in [-0.1, -0.05) is 27.7 Å². The number of aryl methyl sites for hydroxylation is 1. The zero-order valence-corrected chi connectivity index (χ0v) is 12.4. The van der Waals surface area contributed by atoms with Gasteiger partial charge in [0, 0.05) is 31.4 Å². The Bertz CT molecular complexity index is 317. The van der Waals surface area contributed by atoms with Crippen LogP contribution in [0.25, 0.3) is 0 Å².